The number of hydrogen-bond donors (Lipinski definition) is 2. The van der Waals surface area contributed by atoms with Crippen molar-refractivity contribution >= 4 is 11.7 Å². The third-order valence-corrected chi connectivity index (χ3v) is 1.34. The molecule has 5 heteroatoms. The summed E-state index contributed by atoms with van der Waals surface area (Å²) in [4.78, 5) is 22.7. The van der Waals surface area contributed by atoms with Crippen molar-refractivity contribution in [2.24, 2.45) is 0 Å². The Labute approximate surface area is 76.3 Å². The zero-order valence-electron chi connectivity index (χ0n) is 7.65. The first kappa shape index (κ1) is 11.6. The Kier molecular flexibility index (Phi) is 4.76. The number of nitrogens with zero attached hydrogens (tertiary/aromatic N) is 1. The van der Waals surface area contributed by atoms with E-state index in [1.54, 1.807) is 0 Å². The normalized spacial score (nSPS) is 11.2. The molecule has 2 N–H and O–H groups in total. The van der Waals surface area contributed by atoms with Crippen molar-refractivity contribution in [3.8, 4) is 0 Å². The van der Waals surface area contributed by atoms with Crippen molar-refractivity contribution in [3.63, 3.8) is 0 Å². The van der Waals surface area contributed by atoms with Crippen molar-refractivity contribution in [3.05, 3.63) is 11.8 Å². The molecule has 0 spiro atoms. The minimum atomic E-state index is -0.677. The van der Waals surface area contributed by atoms with Crippen LogP contribution in [-0.2, 0) is 9.59 Å². The molecule has 0 saturated heterocycles. The summed E-state index contributed by atoms with van der Waals surface area (Å²) in [5.41, 5.74) is 0. The minimum Gasteiger partial charge on any atom is -0.503 e. The predicted octanol–water partition coefficient (Wildman–Crippen LogP) is -0.532. The zero-order valence-corrected chi connectivity index (χ0v) is 7.65. The first-order valence-corrected chi connectivity index (χ1v) is 3.76. The summed E-state index contributed by atoms with van der Waals surface area (Å²) in [6.45, 7) is 1.17. The van der Waals surface area contributed by atoms with Crippen LogP contribution in [0.2, 0.25) is 0 Å². The first-order chi connectivity index (χ1) is 5.99. The lowest BCUT2D eigenvalue weighted by atomic mass is 10.3. The van der Waals surface area contributed by atoms with E-state index in [4.69, 9.17) is 10.2 Å². The number of likely N-dealkylation sites (N-methyl/N-ethyl adjacent to an activating group) is 1. The van der Waals surface area contributed by atoms with Gasteiger partial charge in [0.1, 0.15) is 0 Å². The molecular formula is C8H13NO4. The Bertz CT molecular complexity index is 234. The van der Waals surface area contributed by atoms with Crippen LogP contribution in [0.1, 0.15) is 6.92 Å². The fraction of sp³-hybridized carbons (Fsp3) is 0.500. The molecule has 0 saturated carbocycles. The van der Waals surface area contributed by atoms with E-state index in [2.05, 4.69) is 0 Å². The largest absolute Gasteiger partial charge is 0.503 e. The van der Waals surface area contributed by atoms with Gasteiger partial charge in [-0.3, -0.25) is 9.59 Å². The molecule has 0 aliphatic carbocycles. The highest BCUT2D eigenvalue weighted by Crippen LogP contribution is 1.95. The molecule has 0 rings (SSSR count). The molecule has 74 valence electrons. The number of carbonyl (C=O) groups is 2. The quantitative estimate of drug-likeness (QED) is 0.458. The number of amides is 1. The summed E-state index contributed by atoms with van der Waals surface area (Å²) in [5, 5.41) is 17.5. The van der Waals surface area contributed by atoms with Gasteiger partial charge in [0, 0.05) is 19.7 Å². The van der Waals surface area contributed by atoms with E-state index in [0.717, 1.165) is 11.0 Å². The number of hydrogen-bond acceptors (Lipinski definition) is 4. The van der Waals surface area contributed by atoms with E-state index in [1.165, 1.54) is 14.0 Å². The molecule has 0 aromatic carbocycles. The van der Waals surface area contributed by atoms with E-state index >= 15 is 0 Å². The number of carbonyl (C=O) groups excluding carboxylic acids is 2. The monoisotopic (exact) mass is 187 g/mol. The Hall–Kier alpha value is -1.36. The molecule has 0 aromatic heterocycles. The lowest BCUT2D eigenvalue weighted by Crippen LogP contribution is -2.30. The molecule has 0 unspecified atom stereocenters. The molecule has 0 fully saturated rings. The fourth-order valence-electron chi connectivity index (χ4n) is 0.701. The number of ketones is 1. The maximum absolute atomic E-state index is 11.1. The highest BCUT2D eigenvalue weighted by molar-refractivity contribution is 5.98. The molecule has 0 bridgehead atoms. The van der Waals surface area contributed by atoms with Crippen LogP contribution in [0.3, 0.4) is 0 Å². The maximum atomic E-state index is 11.1. The molecule has 0 radical (unpaired) electrons. The van der Waals surface area contributed by atoms with Crippen LogP contribution in [-0.4, -0.2) is 47.0 Å². The lowest BCUT2D eigenvalue weighted by Gasteiger charge is -2.14. The average molecular weight is 187 g/mol. The molecule has 0 aliphatic rings. The van der Waals surface area contributed by atoms with Gasteiger partial charge in [0.15, 0.2) is 11.5 Å². The standard InChI is InChI=1S/C8H13NO4/c1-6(11)5-7(12)8(13)9(2)3-4-10/h5,10,12H,3-4H2,1-2H3. The Morgan fingerprint density at radius 2 is 2.00 bits per heavy atom. The van der Waals surface area contributed by atoms with Gasteiger partial charge >= 0.3 is 0 Å². The molecule has 0 heterocycles. The maximum Gasteiger partial charge on any atom is 0.288 e. The average Bonchev–Trinajstić information content (AvgIpc) is 2.02. The number of allylic oxidation sites excluding steroid dienone is 1. The molecule has 0 aromatic rings. The van der Waals surface area contributed by atoms with Crippen LogP contribution in [0.4, 0.5) is 0 Å². The zero-order chi connectivity index (χ0) is 10.4. The van der Waals surface area contributed by atoms with E-state index in [1.807, 2.05) is 0 Å². The third-order valence-electron chi connectivity index (χ3n) is 1.34. The molecule has 0 atom stereocenters. The van der Waals surface area contributed by atoms with Crippen LogP contribution in [0.25, 0.3) is 0 Å². The van der Waals surface area contributed by atoms with E-state index in [9.17, 15) is 9.59 Å². The van der Waals surface area contributed by atoms with Gasteiger partial charge in [-0.15, -0.1) is 0 Å². The number of rotatable bonds is 4. The van der Waals surface area contributed by atoms with E-state index < -0.39 is 17.4 Å². The summed E-state index contributed by atoms with van der Waals surface area (Å²) in [6, 6.07) is 0. The Balaban J connectivity index is 4.33. The molecule has 13 heavy (non-hydrogen) atoms. The van der Waals surface area contributed by atoms with Crippen LogP contribution in [0.5, 0.6) is 0 Å². The van der Waals surface area contributed by atoms with E-state index in [0.29, 0.717) is 0 Å². The summed E-state index contributed by atoms with van der Waals surface area (Å²) in [7, 11) is 1.42. The van der Waals surface area contributed by atoms with Gasteiger partial charge in [-0.1, -0.05) is 0 Å². The second-order valence-corrected chi connectivity index (χ2v) is 2.59. The second-order valence-electron chi connectivity index (χ2n) is 2.59. The number of aliphatic hydroxyl groups is 2. The summed E-state index contributed by atoms with van der Waals surface area (Å²) in [6.07, 6.45) is 0.843. The van der Waals surface area contributed by atoms with Crippen molar-refractivity contribution in [2.45, 2.75) is 6.92 Å². The Morgan fingerprint density at radius 1 is 1.46 bits per heavy atom. The van der Waals surface area contributed by atoms with Gasteiger partial charge in [0.05, 0.1) is 6.61 Å². The van der Waals surface area contributed by atoms with Crippen molar-refractivity contribution in [1.29, 1.82) is 0 Å². The predicted molar refractivity (Wildman–Crippen MR) is 46.1 cm³/mol. The van der Waals surface area contributed by atoms with Gasteiger partial charge in [-0.05, 0) is 6.92 Å². The highest BCUT2D eigenvalue weighted by atomic mass is 16.3. The number of aliphatic hydroxyl groups excluding tert-OH is 2. The van der Waals surface area contributed by atoms with Crippen LogP contribution in [0.15, 0.2) is 11.8 Å². The highest BCUT2D eigenvalue weighted by Gasteiger charge is 2.13. The Morgan fingerprint density at radius 3 is 2.38 bits per heavy atom. The summed E-state index contributed by atoms with van der Waals surface area (Å²) < 4.78 is 0. The molecule has 1 amide bonds. The van der Waals surface area contributed by atoms with Gasteiger partial charge in [0.2, 0.25) is 0 Å². The van der Waals surface area contributed by atoms with Gasteiger partial charge in [-0.25, -0.2) is 0 Å². The third kappa shape index (κ3) is 4.27. The van der Waals surface area contributed by atoms with E-state index in [-0.39, 0.29) is 13.2 Å². The minimum absolute atomic E-state index is 0.120. The summed E-state index contributed by atoms with van der Waals surface area (Å²) >= 11 is 0. The van der Waals surface area contributed by atoms with Gasteiger partial charge < -0.3 is 15.1 Å². The summed E-state index contributed by atoms with van der Waals surface area (Å²) in [5.74, 6) is -1.68. The first-order valence-electron chi connectivity index (χ1n) is 3.76. The van der Waals surface area contributed by atoms with Gasteiger partial charge in [-0.2, -0.15) is 0 Å². The van der Waals surface area contributed by atoms with Crippen molar-refractivity contribution in [1.82, 2.24) is 4.90 Å². The van der Waals surface area contributed by atoms with Gasteiger partial charge in [0.25, 0.3) is 5.91 Å². The second kappa shape index (κ2) is 5.31. The van der Waals surface area contributed by atoms with Crippen LogP contribution < -0.4 is 0 Å². The lowest BCUT2D eigenvalue weighted by molar-refractivity contribution is -0.129. The smallest absolute Gasteiger partial charge is 0.288 e. The SMILES string of the molecule is CC(=O)C=C(O)C(=O)N(C)CCO. The van der Waals surface area contributed by atoms with Crippen molar-refractivity contribution < 1.29 is 19.8 Å². The molecule has 5 nitrogen and oxygen atoms in total. The van der Waals surface area contributed by atoms with Crippen molar-refractivity contribution in [2.75, 3.05) is 20.2 Å². The van der Waals surface area contributed by atoms with Crippen LogP contribution in [0, 0.1) is 0 Å². The molecular weight excluding hydrogens is 174 g/mol. The topological polar surface area (TPSA) is 77.8 Å². The fourth-order valence-corrected chi connectivity index (χ4v) is 0.701. The van der Waals surface area contributed by atoms with Crippen LogP contribution >= 0.6 is 0 Å². The molecule has 0 aliphatic heterocycles.